The first-order valence-electron chi connectivity index (χ1n) is 8.66. The highest BCUT2D eigenvalue weighted by atomic mass is 16.4. The van der Waals surface area contributed by atoms with Crippen LogP contribution in [0.4, 0.5) is 4.79 Å². The Morgan fingerprint density at radius 1 is 1.22 bits per heavy atom. The van der Waals surface area contributed by atoms with Gasteiger partial charge < -0.3 is 15.3 Å². The van der Waals surface area contributed by atoms with Gasteiger partial charge in [-0.05, 0) is 33.2 Å². The second kappa shape index (κ2) is 7.97. The van der Waals surface area contributed by atoms with Gasteiger partial charge in [0, 0.05) is 44.3 Å². The molecule has 1 aliphatic carbocycles. The first-order chi connectivity index (χ1) is 10.9. The van der Waals surface area contributed by atoms with E-state index in [4.69, 9.17) is 5.11 Å². The number of carbonyl (C=O) groups excluding carboxylic acids is 1. The Morgan fingerprint density at radius 2 is 1.83 bits per heavy atom. The maximum Gasteiger partial charge on any atom is 0.317 e. The van der Waals surface area contributed by atoms with Gasteiger partial charge in [-0.25, -0.2) is 4.79 Å². The molecule has 0 aromatic heterocycles. The summed E-state index contributed by atoms with van der Waals surface area (Å²) in [5.74, 6) is -0.789. The van der Waals surface area contributed by atoms with Crippen molar-refractivity contribution in [2.75, 3.05) is 39.3 Å². The Kier molecular flexibility index (Phi) is 6.24. The van der Waals surface area contributed by atoms with Crippen molar-refractivity contribution in [2.24, 2.45) is 0 Å². The molecule has 7 nitrogen and oxygen atoms in total. The molecule has 1 saturated carbocycles. The molecule has 2 fully saturated rings. The number of rotatable bonds is 6. The molecule has 2 rings (SSSR count). The Balaban J connectivity index is 1.69. The van der Waals surface area contributed by atoms with E-state index < -0.39 is 5.97 Å². The smallest absolute Gasteiger partial charge is 0.317 e. The summed E-state index contributed by atoms with van der Waals surface area (Å²) < 4.78 is 0. The summed E-state index contributed by atoms with van der Waals surface area (Å²) in [4.78, 5) is 29.4. The number of likely N-dealkylation sites (N-methyl/N-ethyl adjacent to an activating group) is 1. The van der Waals surface area contributed by atoms with E-state index in [-0.39, 0.29) is 24.7 Å². The Labute approximate surface area is 138 Å². The van der Waals surface area contributed by atoms with Crippen molar-refractivity contribution < 1.29 is 14.7 Å². The van der Waals surface area contributed by atoms with E-state index in [1.165, 1.54) is 0 Å². The van der Waals surface area contributed by atoms with Gasteiger partial charge in [0.05, 0.1) is 6.54 Å². The van der Waals surface area contributed by atoms with Gasteiger partial charge in [-0.2, -0.15) is 0 Å². The summed E-state index contributed by atoms with van der Waals surface area (Å²) in [6.45, 7) is 10.6. The summed E-state index contributed by atoms with van der Waals surface area (Å²) in [7, 11) is 0. The third-order valence-corrected chi connectivity index (χ3v) is 5.03. The fourth-order valence-corrected chi connectivity index (χ4v) is 3.38. The van der Waals surface area contributed by atoms with Crippen molar-refractivity contribution >= 4 is 12.0 Å². The van der Waals surface area contributed by atoms with Crippen LogP contribution in [-0.2, 0) is 4.79 Å². The normalized spacial score (nSPS) is 25.5. The number of hydrogen-bond acceptors (Lipinski definition) is 4. The van der Waals surface area contributed by atoms with Crippen molar-refractivity contribution in [3.05, 3.63) is 0 Å². The molecule has 0 radical (unpaired) electrons. The van der Waals surface area contributed by atoms with Crippen LogP contribution in [0.2, 0.25) is 0 Å². The van der Waals surface area contributed by atoms with Crippen molar-refractivity contribution in [3.63, 3.8) is 0 Å². The Bertz CT molecular complexity index is 416. The average Bonchev–Trinajstić information content (AvgIpc) is 2.48. The third kappa shape index (κ3) is 4.81. The average molecular weight is 326 g/mol. The lowest BCUT2D eigenvalue weighted by atomic mass is 9.85. The molecule has 1 aliphatic heterocycles. The van der Waals surface area contributed by atoms with E-state index in [1.807, 2.05) is 16.7 Å². The summed E-state index contributed by atoms with van der Waals surface area (Å²) in [5.41, 5.74) is 0. The quantitative estimate of drug-likeness (QED) is 0.750. The molecule has 0 atom stereocenters. The van der Waals surface area contributed by atoms with Gasteiger partial charge in [-0.15, -0.1) is 0 Å². The number of nitrogens with zero attached hydrogens (tertiary/aromatic N) is 3. The van der Waals surface area contributed by atoms with E-state index in [0.717, 1.165) is 45.6 Å². The minimum Gasteiger partial charge on any atom is -0.480 e. The zero-order valence-electron chi connectivity index (χ0n) is 14.5. The molecule has 1 heterocycles. The third-order valence-electron chi connectivity index (χ3n) is 5.03. The Hall–Kier alpha value is -1.34. The van der Waals surface area contributed by atoms with E-state index in [0.29, 0.717) is 6.04 Å². The van der Waals surface area contributed by atoms with E-state index in [2.05, 4.69) is 24.1 Å². The number of aliphatic carboxylic acids is 1. The topological polar surface area (TPSA) is 76.1 Å². The number of carboxylic acids is 1. The van der Waals surface area contributed by atoms with Crippen molar-refractivity contribution in [1.29, 1.82) is 0 Å². The summed E-state index contributed by atoms with van der Waals surface area (Å²) in [6.07, 6.45) is 1.69. The molecule has 1 saturated heterocycles. The number of carboxylic acid groups (broad SMARTS) is 1. The van der Waals surface area contributed by atoms with Crippen LogP contribution < -0.4 is 5.32 Å². The predicted octanol–water partition coefficient (Wildman–Crippen LogP) is 0.660. The van der Waals surface area contributed by atoms with Gasteiger partial charge >= 0.3 is 12.0 Å². The number of hydrogen-bond donors (Lipinski definition) is 2. The van der Waals surface area contributed by atoms with E-state index in [1.54, 1.807) is 0 Å². The highest BCUT2D eigenvalue weighted by Gasteiger charge is 2.35. The van der Waals surface area contributed by atoms with Gasteiger partial charge in [-0.3, -0.25) is 14.6 Å². The Morgan fingerprint density at radius 3 is 2.30 bits per heavy atom. The maximum atomic E-state index is 12.3. The summed E-state index contributed by atoms with van der Waals surface area (Å²) in [5, 5.41) is 12.0. The first kappa shape index (κ1) is 18.0. The second-order valence-corrected chi connectivity index (χ2v) is 6.85. The lowest BCUT2D eigenvalue weighted by Crippen LogP contribution is -2.59. The molecule has 2 amide bonds. The molecule has 0 aromatic carbocycles. The van der Waals surface area contributed by atoms with Crippen LogP contribution in [0.3, 0.4) is 0 Å². The van der Waals surface area contributed by atoms with Crippen molar-refractivity contribution in [1.82, 2.24) is 20.0 Å². The van der Waals surface area contributed by atoms with E-state index in [9.17, 15) is 9.59 Å². The van der Waals surface area contributed by atoms with Crippen LogP contribution in [0, 0.1) is 0 Å². The fraction of sp³-hybridized carbons (Fsp3) is 0.875. The van der Waals surface area contributed by atoms with Gasteiger partial charge in [-0.1, -0.05) is 6.92 Å². The van der Waals surface area contributed by atoms with Gasteiger partial charge in [0.25, 0.3) is 0 Å². The van der Waals surface area contributed by atoms with Gasteiger partial charge in [0.2, 0.25) is 0 Å². The molecule has 0 unspecified atom stereocenters. The molecule has 0 spiro atoms. The zero-order chi connectivity index (χ0) is 17.0. The van der Waals surface area contributed by atoms with Crippen molar-refractivity contribution in [2.45, 2.75) is 51.7 Å². The summed E-state index contributed by atoms with van der Waals surface area (Å²) >= 11 is 0. The van der Waals surface area contributed by atoms with Crippen LogP contribution >= 0.6 is 0 Å². The molecule has 132 valence electrons. The zero-order valence-corrected chi connectivity index (χ0v) is 14.5. The number of urea groups is 1. The highest BCUT2D eigenvalue weighted by Crippen LogP contribution is 2.25. The molecule has 23 heavy (non-hydrogen) atoms. The van der Waals surface area contributed by atoms with Gasteiger partial charge in [0.15, 0.2) is 0 Å². The van der Waals surface area contributed by atoms with E-state index >= 15 is 0 Å². The predicted molar refractivity (Wildman–Crippen MR) is 88.5 cm³/mol. The minimum atomic E-state index is -0.789. The monoisotopic (exact) mass is 326 g/mol. The largest absolute Gasteiger partial charge is 0.480 e. The number of amides is 2. The molecule has 0 bridgehead atoms. The van der Waals surface area contributed by atoms with Crippen LogP contribution in [0.5, 0.6) is 0 Å². The molecular weight excluding hydrogens is 296 g/mol. The molecule has 0 aromatic rings. The summed E-state index contributed by atoms with van der Waals surface area (Å²) in [6, 6.07) is 1.01. The fourth-order valence-electron chi connectivity index (χ4n) is 3.38. The van der Waals surface area contributed by atoms with Gasteiger partial charge in [0.1, 0.15) is 0 Å². The number of piperazine rings is 1. The molecular formula is C16H30N4O3. The van der Waals surface area contributed by atoms with Crippen LogP contribution in [0.1, 0.15) is 33.6 Å². The molecule has 2 aliphatic rings. The minimum absolute atomic E-state index is 0.0261. The number of carbonyl (C=O) groups is 2. The molecule has 7 heteroatoms. The first-order valence-corrected chi connectivity index (χ1v) is 8.66. The second-order valence-electron chi connectivity index (χ2n) is 6.85. The van der Waals surface area contributed by atoms with Crippen LogP contribution in [0.15, 0.2) is 0 Å². The van der Waals surface area contributed by atoms with Crippen molar-refractivity contribution in [3.8, 4) is 0 Å². The van der Waals surface area contributed by atoms with Crippen LogP contribution in [0.25, 0.3) is 0 Å². The standard InChI is InChI=1S/C16H30N4O3/c1-4-18(11-15(21)22)14-9-13(10-14)17-16(23)20-7-5-19(6-8-20)12(2)3/h12-14H,4-11H2,1-3H3,(H,17,23)(H,21,22). The lowest BCUT2D eigenvalue weighted by Gasteiger charge is -2.43. The van der Waals surface area contributed by atoms with Crippen LogP contribution in [-0.4, -0.2) is 89.2 Å². The SMILES string of the molecule is CCN(CC(=O)O)C1CC(NC(=O)N2CCN(C(C)C)CC2)C1. The number of nitrogens with one attached hydrogen (secondary N) is 1. The molecule has 2 N–H and O–H groups in total. The highest BCUT2D eigenvalue weighted by molar-refractivity contribution is 5.74. The maximum absolute atomic E-state index is 12.3. The lowest BCUT2D eigenvalue weighted by molar-refractivity contribution is -0.139.